The standard InChI is InChI=1S/C36H36ClF3O6/c1-42-35(29-14-17-31(37)28(19-29)18-25-12-15-30(16-13-25)45-24-36(38,39)40)20-32(43-22-26-8-4-2-5-9-26)34(33(21-41)46-35)44-23-27-10-6-3-7-11-27/h2-17,19,32-34,41H,18,20-24H2,1H3/t32?,33-,34+,35-/m1/s1. The lowest BCUT2D eigenvalue weighted by molar-refractivity contribution is -0.335. The highest BCUT2D eigenvalue weighted by atomic mass is 35.5. The van der Waals surface area contributed by atoms with Crippen molar-refractivity contribution in [3.8, 4) is 5.75 Å². The number of benzene rings is 4. The largest absolute Gasteiger partial charge is 0.484 e. The average Bonchev–Trinajstić information content (AvgIpc) is 3.07. The van der Waals surface area contributed by atoms with E-state index in [2.05, 4.69) is 0 Å². The molecule has 46 heavy (non-hydrogen) atoms. The summed E-state index contributed by atoms with van der Waals surface area (Å²) in [5.41, 5.74) is 4.22. The second-order valence-electron chi connectivity index (χ2n) is 11.1. The van der Waals surface area contributed by atoms with Crippen molar-refractivity contribution in [3.63, 3.8) is 0 Å². The van der Waals surface area contributed by atoms with Crippen molar-refractivity contribution >= 4 is 11.6 Å². The molecule has 1 aliphatic heterocycles. The van der Waals surface area contributed by atoms with E-state index < -0.39 is 36.9 Å². The maximum atomic E-state index is 12.5. The van der Waals surface area contributed by atoms with E-state index in [0.717, 1.165) is 22.3 Å². The van der Waals surface area contributed by atoms with Crippen molar-refractivity contribution in [2.45, 2.75) is 56.3 Å². The fourth-order valence-electron chi connectivity index (χ4n) is 5.50. The molecule has 1 heterocycles. The van der Waals surface area contributed by atoms with Gasteiger partial charge in [0.25, 0.3) is 0 Å². The monoisotopic (exact) mass is 656 g/mol. The molecule has 4 aromatic rings. The van der Waals surface area contributed by atoms with Gasteiger partial charge in [0.1, 0.15) is 18.0 Å². The zero-order valence-electron chi connectivity index (χ0n) is 25.3. The average molecular weight is 657 g/mol. The van der Waals surface area contributed by atoms with Crippen LogP contribution in [0.1, 0.15) is 34.2 Å². The number of rotatable bonds is 13. The Hall–Kier alpha value is -3.44. The lowest BCUT2D eigenvalue weighted by Gasteiger charge is -2.47. The number of alkyl halides is 3. The summed E-state index contributed by atoms with van der Waals surface area (Å²) < 4.78 is 67.9. The predicted molar refractivity (Wildman–Crippen MR) is 168 cm³/mol. The fraction of sp³-hybridized carbons (Fsp3) is 0.333. The second kappa shape index (κ2) is 15.4. The van der Waals surface area contributed by atoms with Crippen LogP contribution in [0, 0.1) is 0 Å². The number of halogens is 4. The minimum Gasteiger partial charge on any atom is -0.484 e. The van der Waals surface area contributed by atoms with Gasteiger partial charge in [-0.25, -0.2) is 0 Å². The Morgan fingerprint density at radius 1 is 0.848 bits per heavy atom. The van der Waals surface area contributed by atoms with Crippen molar-refractivity contribution in [2.24, 2.45) is 0 Å². The highest BCUT2D eigenvalue weighted by molar-refractivity contribution is 6.31. The van der Waals surface area contributed by atoms with Crippen molar-refractivity contribution in [1.29, 1.82) is 0 Å². The van der Waals surface area contributed by atoms with Crippen LogP contribution in [0.2, 0.25) is 5.02 Å². The van der Waals surface area contributed by atoms with Gasteiger partial charge in [0.05, 0.1) is 25.9 Å². The van der Waals surface area contributed by atoms with Crippen LogP contribution in [0.3, 0.4) is 0 Å². The van der Waals surface area contributed by atoms with Crippen LogP contribution in [0.25, 0.3) is 0 Å². The zero-order valence-corrected chi connectivity index (χ0v) is 26.0. The van der Waals surface area contributed by atoms with Gasteiger partial charge in [-0.3, -0.25) is 0 Å². The van der Waals surface area contributed by atoms with Crippen molar-refractivity contribution in [1.82, 2.24) is 0 Å². The minimum atomic E-state index is -4.42. The molecule has 1 saturated heterocycles. The van der Waals surface area contributed by atoms with E-state index in [1.807, 2.05) is 72.8 Å². The lowest BCUT2D eigenvalue weighted by Crippen LogP contribution is -2.56. The highest BCUT2D eigenvalue weighted by Crippen LogP contribution is 2.42. The van der Waals surface area contributed by atoms with E-state index in [4.69, 9.17) is 35.3 Å². The Kier molecular flexibility index (Phi) is 11.4. The minimum absolute atomic E-state index is 0.121. The molecule has 0 aliphatic carbocycles. The smallest absolute Gasteiger partial charge is 0.422 e. The number of methoxy groups -OCH3 is 1. The van der Waals surface area contributed by atoms with E-state index in [9.17, 15) is 18.3 Å². The van der Waals surface area contributed by atoms with Crippen LogP contribution in [0.15, 0.2) is 103 Å². The molecule has 0 amide bonds. The van der Waals surface area contributed by atoms with Gasteiger partial charge in [0, 0.05) is 24.1 Å². The van der Waals surface area contributed by atoms with E-state index >= 15 is 0 Å². The normalized spacial score (nSPS) is 21.7. The Balaban J connectivity index is 1.39. The molecule has 0 saturated carbocycles. The molecule has 244 valence electrons. The van der Waals surface area contributed by atoms with Crippen LogP contribution < -0.4 is 4.74 Å². The molecule has 0 aromatic heterocycles. The van der Waals surface area contributed by atoms with Gasteiger partial charge in [-0.05, 0) is 52.9 Å². The summed E-state index contributed by atoms with van der Waals surface area (Å²) in [5, 5.41) is 11.0. The highest BCUT2D eigenvalue weighted by Gasteiger charge is 2.50. The van der Waals surface area contributed by atoms with Crippen molar-refractivity contribution in [2.75, 3.05) is 20.3 Å². The molecule has 0 radical (unpaired) electrons. The third kappa shape index (κ3) is 8.88. The number of aliphatic hydroxyl groups is 1. The van der Waals surface area contributed by atoms with E-state index in [0.29, 0.717) is 30.2 Å². The summed E-state index contributed by atoms with van der Waals surface area (Å²) in [5.74, 6) is -1.17. The third-order valence-corrected chi connectivity index (χ3v) is 8.22. The molecule has 1 unspecified atom stereocenters. The van der Waals surface area contributed by atoms with Crippen LogP contribution in [-0.2, 0) is 44.4 Å². The summed E-state index contributed by atoms with van der Waals surface area (Å²) in [4.78, 5) is 0. The third-order valence-electron chi connectivity index (χ3n) is 7.85. The molecule has 5 rings (SSSR count). The van der Waals surface area contributed by atoms with Gasteiger partial charge in [0.15, 0.2) is 12.4 Å². The van der Waals surface area contributed by atoms with Gasteiger partial charge >= 0.3 is 6.18 Å². The Morgan fingerprint density at radius 2 is 1.48 bits per heavy atom. The molecule has 0 spiro atoms. The fourth-order valence-corrected chi connectivity index (χ4v) is 5.69. The maximum absolute atomic E-state index is 12.5. The van der Waals surface area contributed by atoms with Crippen LogP contribution in [0.5, 0.6) is 5.75 Å². The summed E-state index contributed by atoms with van der Waals surface area (Å²) in [6.45, 7) is -1.06. The van der Waals surface area contributed by atoms with Crippen molar-refractivity contribution in [3.05, 3.63) is 136 Å². The van der Waals surface area contributed by atoms with Crippen molar-refractivity contribution < 1.29 is 42.0 Å². The SMILES string of the molecule is CO[C@]1(c2ccc(Cl)c(Cc3ccc(OCC(F)(F)F)cc3)c2)CC(OCc2ccccc2)[C@H](OCc2ccccc2)[C@@H](CO)O1. The van der Waals surface area contributed by atoms with E-state index in [1.54, 1.807) is 25.3 Å². The molecule has 1 aliphatic rings. The first kappa shape index (κ1) is 33.9. The molecular formula is C36H36ClF3O6. The summed E-state index contributed by atoms with van der Waals surface area (Å²) >= 11 is 6.61. The predicted octanol–water partition coefficient (Wildman–Crippen LogP) is 7.62. The zero-order chi connectivity index (χ0) is 32.6. The van der Waals surface area contributed by atoms with Gasteiger partial charge in [-0.15, -0.1) is 0 Å². The molecule has 10 heteroatoms. The van der Waals surface area contributed by atoms with Gasteiger partial charge in [-0.2, -0.15) is 13.2 Å². The number of hydrogen-bond donors (Lipinski definition) is 1. The van der Waals surface area contributed by atoms with E-state index in [1.165, 1.54) is 12.1 Å². The Labute approximate surface area is 271 Å². The number of ether oxygens (including phenoxy) is 5. The maximum Gasteiger partial charge on any atom is 0.422 e. The molecule has 0 bridgehead atoms. The first-order valence-electron chi connectivity index (χ1n) is 14.9. The molecular weight excluding hydrogens is 621 g/mol. The first-order valence-corrected chi connectivity index (χ1v) is 15.3. The quantitative estimate of drug-likeness (QED) is 0.160. The number of aliphatic hydroxyl groups excluding tert-OH is 1. The topological polar surface area (TPSA) is 66.4 Å². The molecule has 1 fully saturated rings. The van der Waals surface area contributed by atoms with E-state index in [-0.39, 0.29) is 18.8 Å². The van der Waals surface area contributed by atoms with Crippen LogP contribution in [0.4, 0.5) is 13.2 Å². The molecule has 4 aromatic carbocycles. The molecule has 6 nitrogen and oxygen atoms in total. The lowest BCUT2D eigenvalue weighted by atomic mass is 9.89. The summed E-state index contributed by atoms with van der Waals surface area (Å²) in [6.07, 6.45) is -5.65. The van der Waals surface area contributed by atoms with Gasteiger partial charge in [0.2, 0.25) is 0 Å². The molecule has 1 N–H and O–H groups in total. The van der Waals surface area contributed by atoms with Gasteiger partial charge < -0.3 is 28.8 Å². The van der Waals surface area contributed by atoms with Gasteiger partial charge in [-0.1, -0.05) is 90.5 Å². The van der Waals surface area contributed by atoms with Crippen LogP contribution in [-0.4, -0.2) is 49.9 Å². The second-order valence-corrected chi connectivity index (χ2v) is 11.5. The summed E-state index contributed by atoms with van der Waals surface area (Å²) in [7, 11) is 1.54. The first-order chi connectivity index (χ1) is 22.2. The Bertz CT molecular complexity index is 1520. The summed E-state index contributed by atoms with van der Waals surface area (Å²) in [6, 6.07) is 31.4. The van der Waals surface area contributed by atoms with Crippen LogP contribution >= 0.6 is 11.6 Å². The number of hydrogen-bond acceptors (Lipinski definition) is 6. The Morgan fingerprint density at radius 3 is 2.07 bits per heavy atom. The molecule has 4 atom stereocenters.